The van der Waals surface area contributed by atoms with E-state index in [4.69, 9.17) is 4.74 Å². The van der Waals surface area contributed by atoms with Crippen LogP contribution in [0.15, 0.2) is 24.3 Å². The maximum Gasteiger partial charge on any atom is 0.122 e. The number of rotatable bonds is 7. The van der Waals surface area contributed by atoms with Gasteiger partial charge in [0.05, 0.1) is 6.10 Å². The molecule has 0 heterocycles. The summed E-state index contributed by atoms with van der Waals surface area (Å²) in [6.45, 7) is 6.83. The summed E-state index contributed by atoms with van der Waals surface area (Å²) < 4.78 is 5.72. The first-order chi connectivity index (χ1) is 8.19. The molecule has 0 aliphatic rings. The Morgan fingerprint density at radius 3 is 2.59 bits per heavy atom. The summed E-state index contributed by atoms with van der Waals surface area (Å²) >= 11 is 0. The molecule has 0 radical (unpaired) electrons. The zero-order valence-electron chi connectivity index (χ0n) is 11.1. The number of benzene rings is 1. The molecular weight excluding hydrogens is 212 g/mol. The van der Waals surface area contributed by atoms with Gasteiger partial charge >= 0.3 is 0 Å². The highest BCUT2D eigenvalue weighted by molar-refractivity contribution is 5.35. The lowest BCUT2D eigenvalue weighted by Crippen LogP contribution is -2.17. The molecule has 17 heavy (non-hydrogen) atoms. The second-order valence-electron chi connectivity index (χ2n) is 4.60. The second kappa shape index (κ2) is 7.33. The van der Waals surface area contributed by atoms with Crippen molar-refractivity contribution in [1.82, 2.24) is 0 Å². The molecule has 0 spiro atoms. The average molecular weight is 236 g/mol. The van der Waals surface area contributed by atoms with Crippen LogP contribution in [0, 0.1) is 0 Å². The Balaban J connectivity index is 2.63. The van der Waals surface area contributed by atoms with E-state index in [9.17, 15) is 5.11 Å². The van der Waals surface area contributed by atoms with Crippen molar-refractivity contribution in [3.05, 3.63) is 29.8 Å². The van der Waals surface area contributed by atoms with Crippen LogP contribution in [-0.2, 0) is 0 Å². The third kappa shape index (κ3) is 4.39. The number of hydrogen-bond acceptors (Lipinski definition) is 2. The molecular formula is C15H24O2. The third-order valence-electron chi connectivity index (χ3n) is 3.12. The average Bonchev–Trinajstić information content (AvgIpc) is 2.36. The van der Waals surface area contributed by atoms with Gasteiger partial charge in [0.25, 0.3) is 0 Å². The van der Waals surface area contributed by atoms with Gasteiger partial charge in [-0.25, -0.2) is 0 Å². The van der Waals surface area contributed by atoms with Gasteiger partial charge in [-0.3, -0.25) is 0 Å². The molecule has 1 rings (SSSR count). The number of ether oxygens (including phenoxy) is 1. The lowest BCUT2D eigenvalue weighted by Gasteiger charge is -2.17. The molecule has 96 valence electrons. The van der Waals surface area contributed by atoms with Gasteiger partial charge in [0.15, 0.2) is 0 Å². The Hall–Kier alpha value is -1.02. The van der Waals surface area contributed by atoms with Gasteiger partial charge in [-0.05, 0) is 30.4 Å². The van der Waals surface area contributed by atoms with Gasteiger partial charge in [-0.2, -0.15) is 0 Å². The van der Waals surface area contributed by atoms with Crippen LogP contribution in [0.3, 0.4) is 0 Å². The van der Waals surface area contributed by atoms with Crippen LogP contribution in [0.4, 0.5) is 0 Å². The topological polar surface area (TPSA) is 29.5 Å². The van der Waals surface area contributed by atoms with Crippen molar-refractivity contribution in [2.75, 3.05) is 6.61 Å². The molecule has 2 atom stereocenters. The predicted molar refractivity (Wildman–Crippen MR) is 71.6 cm³/mol. The van der Waals surface area contributed by atoms with Crippen molar-refractivity contribution in [3.8, 4) is 5.75 Å². The fourth-order valence-electron chi connectivity index (χ4n) is 1.84. The monoisotopic (exact) mass is 236 g/mol. The van der Waals surface area contributed by atoms with Gasteiger partial charge < -0.3 is 9.84 Å². The maximum atomic E-state index is 9.67. The fourth-order valence-corrected chi connectivity index (χ4v) is 1.84. The Bertz CT molecular complexity index is 322. The van der Waals surface area contributed by atoms with E-state index in [-0.39, 0.29) is 6.10 Å². The van der Waals surface area contributed by atoms with Gasteiger partial charge in [0.1, 0.15) is 12.4 Å². The Kier molecular flexibility index (Phi) is 6.06. The standard InChI is InChI=1S/C15H24O2/c1-4-8-13(16)11-17-15-10-7-6-9-14(15)12(3)5-2/h6-7,9-10,12-13,16H,4-5,8,11H2,1-3H3. The molecule has 0 saturated carbocycles. The third-order valence-corrected chi connectivity index (χ3v) is 3.12. The van der Waals surface area contributed by atoms with Gasteiger partial charge in [0, 0.05) is 0 Å². The quantitative estimate of drug-likeness (QED) is 0.781. The molecule has 1 aromatic rings. The van der Waals surface area contributed by atoms with Crippen LogP contribution in [-0.4, -0.2) is 17.8 Å². The molecule has 0 fully saturated rings. The highest BCUT2D eigenvalue weighted by Crippen LogP contribution is 2.28. The van der Waals surface area contributed by atoms with Crippen LogP contribution in [0.2, 0.25) is 0 Å². The highest BCUT2D eigenvalue weighted by Gasteiger charge is 2.11. The fraction of sp³-hybridized carbons (Fsp3) is 0.600. The summed E-state index contributed by atoms with van der Waals surface area (Å²) in [4.78, 5) is 0. The van der Waals surface area contributed by atoms with Crippen molar-refractivity contribution >= 4 is 0 Å². The number of para-hydroxylation sites is 1. The highest BCUT2D eigenvalue weighted by atomic mass is 16.5. The maximum absolute atomic E-state index is 9.67. The smallest absolute Gasteiger partial charge is 0.122 e. The molecule has 2 nitrogen and oxygen atoms in total. The van der Waals surface area contributed by atoms with Crippen molar-refractivity contribution in [2.45, 2.75) is 52.1 Å². The first-order valence-electron chi connectivity index (χ1n) is 6.58. The summed E-state index contributed by atoms with van der Waals surface area (Å²) in [5, 5.41) is 9.67. The first kappa shape index (κ1) is 14.0. The zero-order chi connectivity index (χ0) is 12.7. The number of aliphatic hydroxyl groups excluding tert-OH is 1. The minimum atomic E-state index is -0.356. The zero-order valence-corrected chi connectivity index (χ0v) is 11.1. The summed E-state index contributed by atoms with van der Waals surface area (Å²) in [6, 6.07) is 8.11. The summed E-state index contributed by atoms with van der Waals surface area (Å²) in [7, 11) is 0. The van der Waals surface area contributed by atoms with E-state index >= 15 is 0 Å². The minimum Gasteiger partial charge on any atom is -0.491 e. The second-order valence-corrected chi connectivity index (χ2v) is 4.60. The molecule has 0 bridgehead atoms. The molecule has 2 heteroatoms. The van der Waals surface area contributed by atoms with Gasteiger partial charge in [0.2, 0.25) is 0 Å². The molecule has 1 N–H and O–H groups in total. The molecule has 1 aromatic carbocycles. The largest absolute Gasteiger partial charge is 0.491 e. The molecule has 2 unspecified atom stereocenters. The van der Waals surface area contributed by atoms with Crippen LogP contribution < -0.4 is 4.74 Å². The Morgan fingerprint density at radius 1 is 1.24 bits per heavy atom. The molecule has 0 amide bonds. The van der Waals surface area contributed by atoms with Crippen molar-refractivity contribution in [2.24, 2.45) is 0 Å². The molecule has 0 saturated heterocycles. The van der Waals surface area contributed by atoms with Crippen LogP contribution in [0.25, 0.3) is 0 Å². The normalized spacial score (nSPS) is 14.4. The molecule has 0 aliphatic heterocycles. The van der Waals surface area contributed by atoms with Crippen molar-refractivity contribution in [1.29, 1.82) is 0 Å². The van der Waals surface area contributed by atoms with Crippen LogP contribution >= 0.6 is 0 Å². The number of aliphatic hydroxyl groups is 1. The van der Waals surface area contributed by atoms with Crippen LogP contribution in [0.5, 0.6) is 5.75 Å². The summed E-state index contributed by atoms with van der Waals surface area (Å²) in [5.41, 5.74) is 1.23. The van der Waals surface area contributed by atoms with E-state index in [2.05, 4.69) is 26.8 Å². The van der Waals surface area contributed by atoms with E-state index in [1.165, 1.54) is 5.56 Å². The Labute approximate surface area is 105 Å². The van der Waals surface area contributed by atoms with E-state index in [1.54, 1.807) is 0 Å². The van der Waals surface area contributed by atoms with E-state index in [1.807, 2.05) is 18.2 Å². The first-order valence-corrected chi connectivity index (χ1v) is 6.58. The van der Waals surface area contributed by atoms with Crippen molar-refractivity contribution in [3.63, 3.8) is 0 Å². The van der Waals surface area contributed by atoms with Gasteiger partial charge in [-0.15, -0.1) is 0 Å². The van der Waals surface area contributed by atoms with E-state index in [0.29, 0.717) is 12.5 Å². The summed E-state index contributed by atoms with van der Waals surface area (Å²) in [6.07, 6.45) is 2.52. The van der Waals surface area contributed by atoms with E-state index < -0.39 is 0 Å². The molecule has 0 aromatic heterocycles. The molecule has 0 aliphatic carbocycles. The lowest BCUT2D eigenvalue weighted by atomic mass is 9.98. The van der Waals surface area contributed by atoms with Crippen molar-refractivity contribution < 1.29 is 9.84 Å². The summed E-state index contributed by atoms with van der Waals surface area (Å²) in [5.74, 6) is 1.41. The number of hydrogen-bond donors (Lipinski definition) is 1. The Morgan fingerprint density at radius 2 is 1.94 bits per heavy atom. The van der Waals surface area contributed by atoms with Crippen LogP contribution in [0.1, 0.15) is 51.5 Å². The predicted octanol–water partition coefficient (Wildman–Crippen LogP) is 3.74. The minimum absolute atomic E-state index is 0.356. The lowest BCUT2D eigenvalue weighted by molar-refractivity contribution is 0.0986. The van der Waals surface area contributed by atoms with Gasteiger partial charge in [-0.1, -0.05) is 45.4 Å². The SMILES string of the molecule is CCCC(O)COc1ccccc1C(C)CC. The van der Waals surface area contributed by atoms with E-state index in [0.717, 1.165) is 25.0 Å².